The summed E-state index contributed by atoms with van der Waals surface area (Å²) in [5.74, 6) is -0.0940. The molecule has 15 heavy (non-hydrogen) atoms. The van der Waals surface area contributed by atoms with Gasteiger partial charge in [0.2, 0.25) is 0 Å². The van der Waals surface area contributed by atoms with Crippen LogP contribution in [0.25, 0.3) is 0 Å². The lowest BCUT2D eigenvalue weighted by Gasteiger charge is -2.33. The van der Waals surface area contributed by atoms with Crippen LogP contribution in [0.15, 0.2) is 0 Å². The van der Waals surface area contributed by atoms with Crippen molar-refractivity contribution in [3.05, 3.63) is 0 Å². The highest BCUT2D eigenvalue weighted by molar-refractivity contribution is 5.76. The van der Waals surface area contributed by atoms with Gasteiger partial charge in [0.05, 0.1) is 12.0 Å². The molecule has 1 heterocycles. The van der Waals surface area contributed by atoms with Crippen LogP contribution in [-0.4, -0.2) is 50.2 Å². The third kappa shape index (κ3) is 3.80. The van der Waals surface area contributed by atoms with Gasteiger partial charge in [-0.05, 0) is 20.8 Å². The molecular formula is C11H22N2O2. The van der Waals surface area contributed by atoms with Crippen molar-refractivity contribution in [1.82, 2.24) is 10.2 Å². The Morgan fingerprint density at radius 3 is 2.53 bits per heavy atom. The molecule has 0 atom stereocenters. The summed E-state index contributed by atoms with van der Waals surface area (Å²) in [7, 11) is 0. The predicted molar refractivity (Wildman–Crippen MR) is 59.7 cm³/mol. The monoisotopic (exact) mass is 214 g/mol. The first-order valence-corrected chi connectivity index (χ1v) is 5.66. The first-order valence-electron chi connectivity index (χ1n) is 5.66. The van der Waals surface area contributed by atoms with Gasteiger partial charge >= 0.3 is 5.97 Å². The van der Waals surface area contributed by atoms with Gasteiger partial charge < -0.3 is 10.1 Å². The number of carbonyl (C=O) groups is 1. The van der Waals surface area contributed by atoms with E-state index >= 15 is 0 Å². The van der Waals surface area contributed by atoms with Crippen LogP contribution in [-0.2, 0) is 9.53 Å². The van der Waals surface area contributed by atoms with E-state index in [0.29, 0.717) is 6.61 Å². The minimum Gasteiger partial charge on any atom is -0.466 e. The Balaban J connectivity index is 2.42. The molecule has 0 spiro atoms. The standard InChI is InChI=1S/C11H22N2O2/c1-4-15-10(14)11(2,3)9-13-7-5-12-6-8-13/h12H,4-9H2,1-3H3. The number of carbonyl (C=O) groups excluding carboxylic acids is 1. The highest BCUT2D eigenvalue weighted by Crippen LogP contribution is 2.19. The minimum atomic E-state index is -0.395. The summed E-state index contributed by atoms with van der Waals surface area (Å²) >= 11 is 0. The van der Waals surface area contributed by atoms with Crippen LogP contribution in [0.3, 0.4) is 0 Å². The molecule has 0 amide bonds. The molecule has 0 saturated carbocycles. The van der Waals surface area contributed by atoms with Crippen molar-refractivity contribution in [1.29, 1.82) is 0 Å². The van der Waals surface area contributed by atoms with Gasteiger partial charge in [0.15, 0.2) is 0 Å². The van der Waals surface area contributed by atoms with Crippen LogP contribution < -0.4 is 5.32 Å². The molecule has 0 bridgehead atoms. The summed E-state index contributed by atoms with van der Waals surface area (Å²) in [5, 5.41) is 3.30. The Bertz CT molecular complexity index is 211. The maximum Gasteiger partial charge on any atom is 0.312 e. The van der Waals surface area contributed by atoms with Crippen molar-refractivity contribution >= 4 is 5.97 Å². The van der Waals surface area contributed by atoms with Crippen LogP contribution in [0.5, 0.6) is 0 Å². The molecule has 4 heteroatoms. The molecule has 1 N–H and O–H groups in total. The average Bonchev–Trinajstić information content (AvgIpc) is 2.19. The minimum absolute atomic E-state index is 0.0940. The highest BCUT2D eigenvalue weighted by atomic mass is 16.5. The fraction of sp³-hybridized carbons (Fsp3) is 0.909. The fourth-order valence-electron chi connectivity index (χ4n) is 1.82. The largest absolute Gasteiger partial charge is 0.466 e. The molecule has 0 aliphatic carbocycles. The van der Waals surface area contributed by atoms with Gasteiger partial charge in [0.1, 0.15) is 0 Å². The Kier molecular flexibility index (Phi) is 4.54. The van der Waals surface area contributed by atoms with Gasteiger partial charge in [-0.2, -0.15) is 0 Å². The van der Waals surface area contributed by atoms with Crippen molar-refractivity contribution in [3.63, 3.8) is 0 Å². The predicted octanol–water partition coefficient (Wildman–Crippen LogP) is 0.481. The van der Waals surface area contributed by atoms with E-state index in [2.05, 4.69) is 10.2 Å². The normalized spacial score (nSPS) is 18.9. The van der Waals surface area contributed by atoms with E-state index in [1.807, 2.05) is 20.8 Å². The third-order valence-electron chi connectivity index (χ3n) is 2.66. The number of hydrogen-bond donors (Lipinski definition) is 1. The summed E-state index contributed by atoms with van der Waals surface area (Å²) in [6.07, 6.45) is 0. The maximum atomic E-state index is 11.7. The van der Waals surface area contributed by atoms with Crippen LogP contribution in [0.2, 0.25) is 0 Å². The van der Waals surface area contributed by atoms with Gasteiger partial charge in [-0.25, -0.2) is 0 Å². The number of ether oxygens (including phenoxy) is 1. The molecule has 1 aliphatic heterocycles. The first-order chi connectivity index (χ1) is 7.06. The first kappa shape index (κ1) is 12.5. The summed E-state index contributed by atoms with van der Waals surface area (Å²) in [5.41, 5.74) is -0.395. The van der Waals surface area contributed by atoms with E-state index < -0.39 is 5.41 Å². The molecule has 0 aromatic rings. The van der Waals surface area contributed by atoms with Gasteiger partial charge in [-0.3, -0.25) is 9.69 Å². The van der Waals surface area contributed by atoms with E-state index in [1.54, 1.807) is 0 Å². The molecule has 0 radical (unpaired) electrons. The van der Waals surface area contributed by atoms with Crippen LogP contribution in [0.4, 0.5) is 0 Å². The second kappa shape index (κ2) is 5.47. The van der Waals surface area contributed by atoms with Crippen molar-refractivity contribution < 1.29 is 9.53 Å². The second-order valence-electron chi connectivity index (χ2n) is 4.63. The number of nitrogens with zero attached hydrogens (tertiary/aromatic N) is 1. The Hall–Kier alpha value is -0.610. The van der Waals surface area contributed by atoms with Crippen LogP contribution in [0.1, 0.15) is 20.8 Å². The zero-order chi connectivity index (χ0) is 11.3. The molecular weight excluding hydrogens is 192 g/mol. The summed E-state index contributed by atoms with van der Waals surface area (Å²) in [4.78, 5) is 14.0. The van der Waals surface area contributed by atoms with E-state index in [-0.39, 0.29) is 5.97 Å². The van der Waals surface area contributed by atoms with Crippen molar-refractivity contribution in [3.8, 4) is 0 Å². The average molecular weight is 214 g/mol. The van der Waals surface area contributed by atoms with E-state index in [4.69, 9.17) is 4.74 Å². The lowest BCUT2D eigenvalue weighted by Crippen LogP contribution is -2.48. The number of hydrogen-bond acceptors (Lipinski definition) is 4. The number of nitrogens with one attached hydrogen (secondary N) is 1. The SMILES string of the molecule is CCOC(=O)C(C)(C)CN1CCNCC1. The number of rotatable bonds is 4. The molecule has 0 aromatic carbocycles. The molecule has 0 aromatic heterocycles. The number of piperazine rings is 1. The van der Waals surface area contributed by atoms with E-state index in [1.165, 1.54) is 0 Å². The topological polar surface area (TPSA) is 41.6 Å². The number of esters is 1. The van der Waals surface area contributed by atoms with Gasteiger partial charge in [-0.15, -0.1) is 0 Å². The highest BCUT2D eigenvalue weighted by Gasteiger charge is 2.31. The lowest BCUT2D eigenvalue weighted by atomic mass is 9.92. The fourth-order valence-corrected chi connectivity index (χ4v) is 1.82. The molecule has 88 valence electrons. The molecule has 0 unspecified atom stereocenters. The van der Waals surface area contributed by atoms with Gasteiger partial charge in [0.25, 0.3) is 0 Å². The van der Waals surface area contributed by atoms with Gasteiger partial charge in [-0.1, -0.05) is 0 Å². The van der Waals surface area contributed by atoms with E-state index in [0.717, 1.165) is 32.7 Å². The van der Waals surface area contributed by atoms with Crippen LogP contribution in [0, 0.1) is 5.41 Å². The lowest BCUT2D eigenvalue weighted by molar-refractivity contribution is -0.154. The smallest absolute Gasteiger partial charge is 0.312 e. The second-order valence-corrected chi connectivity index (χ2v) is 4.63. The van der Waals surface area contributed by atoms with Gasteiger partial charge in [0, 0.05) is 32.7 Å². The summed E-state index contributed by atoms with van der Waals surface area (Å²) in [6.45, 7) is 11.1. The molecule has 1 fully saturated rings. The molecule has 1 rings (SSSR count). The Morgan fingerprint density at radius 1 is 1.40 bits per heavy atom. The quantitative estimate of drug-likeness (QED) is 0.691. The Labute approximate surface area is 92.0 Å². The van der Waals surface area contributed by atoms with E-state index in [9.17, 15) is 4.79 Å². The third-order valence-corrected chi connectivity index (χ3v) is 2.66. The zero-order valence-electron chi connectivity index (χ0n) is 10.0. The molecule has 1 aliphatic rings. The summed E-state index contributed by atoms with van der Waals surface area (Å²) in [6, 6.07) is 0. The van der Waals surface area contributed by atoms with Crippen molar-refractivity contribution in [2.24, 2.45) is 5.41 Å². The summed E-state index contributed by atoms with van der Waals surface area (Å²) < 4.78 is 5.07. The Morgan fingerprint density at radius 2 is 2.00 bits per heavy atom. The molecule has 1 saturated heterocycles. The van der Waals surface area contributed by atoms with Crippen molar-refractivity contribution in [2.45, 2.75) is 20.8 Å². The molecule has 4 nitrogen and oxygen atoms in total. The van der Waals surface area contributed by atoms with Crippen molar-refractivity contribution in [2.75, 3.05) is 39.3 Å². The maximum absolute atomic E-state index is 11.7. The van der Waals surface area contributed by atoms with Crippen LogP contribution >= 0.6 is 0 Å². The zero-order valence-corrected chi connectivity index (χ0v) is 10.0.